The van der Waals surface area contributed by atoms with Crippen LogP contribution in [0.4, 0.5) is 0 Å². The molecule has 0 radical (unpaired) electrons. The number of nitrogens with zero attached hydrogens (tertiary/aromatic N) is 1. The highest BCUT2D eigenvalue weighted by Crippen LogP contribution is 2.20. The standard InChI is InChI=1S/C11H19NO4/c1-11(2,3)7-12-8(4-10(14)15)5-16-6-9(12)13/h8H,4-7H2,1-3H3,(H,14,15). The van der Waals surface area contributed by atoms with Crippen LogP contribution in [-0.4, -0.2) is 47.7 Å². The number of carbonyl (C=O) groups excluding carboxylic acids is 1. The van der Waals surface area contributed by atoms with Gasteiger partial charge in [-0.25, -0.2) is 0 Å². The third-order valence-electron chi connectivity index (χ3n) is 2.35. The maximum atomic E-state index is 11.7. The Labute approximate surface area is 95.4 Å². The summed E-state index contributed by atoms with van der Waals surface area (Å²) in [6.07, 6.45) is -0.0537. The van der Waals surface area contributed by atoms with Crippen molar-refractivity contribution in [3.63, 3.8) is 0 Å². The minimum atomic E-state index is -0.901. The predicted molar refractivity (Wildman–Crippen MR) is 58.0 cm³/mol. The molecule has 5 heteroatoms. The van der Waals surface area contributed by atoms with Crippen molar-refractivity contribution in [1.82, 2.24) is 4.90 Å². The third kappa shape index (κ3) is 3.81. The van der Waals surface area contributed by atoms with Gasteiger partial charge in [-0.1, -0.05) is 20.8 Å². The van der Waals surface area contributed by atoms with E-state index in [4.69, 9.17) is 9.84 Å². The first kappa shape index (κ1) is 13.0. The first-order valence-electron chi connectivity index (χ1n) is 5.38. The smallest absolute Gasteiger partial charge is 0.305 e. The number of amides is 1. The number of hydrogen-bond acceptors (Lipinski definition) is 3. The van der Waals surface area contributed by atoms with Crippen LogP contribution in [0.5, 0.6) is 0 Å². The molecule has 5 nitrogen and oxygen atoms in total. The van der Waals surface area contributed by atoms with Gasteiger partial charge in [0, 0.05) is 6.54 Å². The van der Waals surface area contributed by atoms with Crippen molar-refractivity contribution in [1.29, 1.82) is 0 Å². The summed E-state index contributed by atoms with van der Waals surface area (Å²) in [4.78, 5) is 24.0. The largest absolute Gasteiger partial charge is 0.481 e. The van der Waals surface area contributed by atoms with E-state index in [2.05, 4.69) is 0 Å². The van der Waals surface area contributed by atoms with Crippen LogP contribution in [0.1, 0.15) is 27.2 Å². The number of carbonyl (C=O) groups is 2. The molecule has 1 fully saturated rings. The van der Waals surface area contributed by atoms with E-state index < -0.39 is 5.97 Å². The summed E-state index contributed by atoms with van der Waals surface area (Å²) in [5, 5.41) is 8.77. The Morgan fingerprint density at radius 2 is 2.19 bits per heavy atom. The lowest BCUT2D eigenvalue weighted by molar-refractivity contribution is -0.153. The molecule has 0 aliphatic carbocycles. The Morgan fingerprint density at radius 1 is 1.56 bits per heavy atom. The van der Waals surface area contributed by atoms with Gasteiger partial charge in [0.1, 0.15) is 6.61 Å². The fourth-order valence-corrected chi connectivity index (χ4v) is 1.76. The summed E-state index contributed by atoms with van der Waals surface area (Å²) in [5.74, 6) is -1.02. The van der Waals surface area contributed by atoms with Crippen LogP contribution in [-0.2, 0) is 14.3 Å². The normalized spacial score (nSPS) is 22.3. The second kappa shape index (κ2) is 4.82. The molecule has 0 aromatic rings. The zero-order valence-electron chi connectivity index (χ0n) is 10.0. The number of hydrogen-bond donors (Lipinski definition) is 1. The summed E-state index contributed by atoms with van der Waals surface area (Å²) >= 11 is 0. The van der Waals surface area contributed by atoms with Crippen LogP contribution in [0.3, 0.4) is 0 Å². The summed E-state index contributed by atoms with van der Waals surface area (Å²) in [6.45, 7) is 7.00. The molecule has 16 heavy (non-hydrogen) atoms. The molecule has 1 N–H and O–H groups in total. The van der Waals surface area contributed by atoms with E-state index in [1.807, 2.05) is 20.8 Å². The molecule has 0 bridgehead atoms. The van der Waals surface area contributed by atoms with Gasteiger partial charge in [0.05, 0.1) is 19.1 Å². The van der Waals surface area contributed by atoms with Crippen molar-refractivity contribution in [3.05, 3.63) is 0 Å². The van der Waals surface area contributed by atoms with E-state index in [1.54, 1.807) is 4.90 Å². The molecular weight excluding hydrogens is 210 g/mol. The lowest BCUT2D eigenvalue weighted by atomic mass is 9.94. The highest BCUT2D eigenvalue weighted by molar-refractivity contribution is 5.79. The molecule has 0 aromatic carbocycles. The van der Waals surface area contributed by atoms with Gasteiger partial charge in [-0.15, -0.1) is 0 Å². The van der Waals surface area contributed by atoms with Gasteiger partial charge in [0.15, 0.2) is 0 Å². The number of morpholine rings is 1. The van der Waals surface area contributed by atoms with Crippen LogP contribution in [0.15, 0.2) is 0 Å². The first-order chi connectivity index (χ1) is 7.29. The van der Waals surface area contributed by atoms with E-state index in [-0.39, 0.29) is 30.4 Å². The predicted octanol–water partition coefficient (Wildman–Crippen LogP) is 0.735. The van der Waals surface area contributed by atoms with E-state index in [0.717, 1.165) is 0 Å². The summed E-state index contributed by atoms with van der Waals surface area (Å²) in [5.41, 5.74) is -0.0379. The van der Waals surface area contributed by atoms with E-state index >= 15 is 0 Å². The average molecular weight is 229 g/mol. The Hall–Kier alpha value is -1.10. The maximum Gasteiger partial charge on any atom is 0.305 e. The van der Waals surface area contributed by atoms with Crippen LogP contribution >= 0.6 is 0 Å². The van der Waals surface area contributed by atoms with Crippen LogP contribution < -0.4 is 0 Å². The molecule has 1 aliphatic rings. The Kier molecular flexibility index (Phi) is 3.91. The third-order valence-corrected chi connectivity index (χ3v) is 2.35. The zero-order chi connectivity index (χ0) is 12.3. The molecule has 0 spiro atoms. The highest BCUT2D eigenvalue weighted by atomic mass is 16.5. The number of rotatable bonds is 3. The van der Waals surface area contributed by atoms with Gasteiger partial charge in [-0.3, -0.25) is 9.59 Å². The van der Waals surface area contributed by atoms with Crippen LogP contribution in [0.2, 0.25) is 0 Å². The number of carboxylic acids is 1. The molecule has 0 aromatic heterocycles. The molecule has 1 rings (SSSR count). The summed E-state index contributed by atoms with van der Waals surface area (Å²) in [7, 11) is 0. The minimum absolute atomic E-state index is 0.0379. The zero-order valence-corrected chi connectivity index (χ0v) is 10.0. The molecule has 1 amide bonds. The van der Waals surface area contributed by atoms with E-state index in [1.165, 1.54) is 0 Å². The quantitative estimate of drug-likeness (QED) is 0.775. The van der Waals surface area contributed by atoms with Gasteiger partial charge in [-0.2, -0.15) is 0 Å². The molecule has 1 saturated heterocycles. The summed E-state index contributed by atoms with van der Waals surface area (Å²) in [6, 6.07) is -0.335. The van der Waals surface area contributed by atoms with Crippen molar-refractivity contribution in [2.75, 3.05) is 19.8 Å². The van der Waals surface area contributed by atoms with E-state index in [9.17, 15) is 9.59 Å². The Balaban J connectivity index is 2.71. The number of ether oxygens (including phenoxy) is 1. The average Bonchev–Trinajstić information content (AvgIpc) is 2.08. The molecule has 0 saturated carbocycles. The Morgan fingerprint density at radius 3 is 2.69 bits per heavy atom. The highest BCUT2D eigenvalue weighted by Gasteiger charge is 2.32. The van der Waals surface area contributed by atoms with Gasteiger partial charge in [0.25, 0.3) is 0 Å². The molecule has 1 heterocycles. The van der Waals surface area contributed by atoms with Gasteiger partial charge >= 0.3 is 5.97 Å². The fraction of sp³-hybridized carbons (Fsp3) is 0.818. The van der Waals surface area contributed by atoms with Crippen LogP contribution in [0, 0.1) is 5.41 Å². The molecular formula is C11H19NO4. The van der Waals surface area contributed by atoms with Crippen molar-refractivity contribution >= 4 is 11.9 Å². The lowest BCUT2D eigenvalue weighted by Gasteiger charge is -2.38. The van der Waals surface area contributed by atoms with Crippen molar-refractivity contribution < 1.29 is 19.4 Å². The SMILES string of the molecule is CC(C)(C)CN1C(=O)COCC1CC(=O)O. The van der Waals surface area contributed by atoms with Crippen LogP contribution in [0.25, 0.3) is 0 Å². The second-order valence-corrected chi connectivity index (χ2v) is 5.35. The monoisotopic (exact) mass is 229 g/mol. The molecule has 1 atom stereocenters. The Bertz CT molecular complexity index is 282. The molecule has 1 unspecified atom stereocenters. The maximum absolute atomic E-state index is 11.7. The van der Waals surface area contributed by atoms with Gasteiger partial charge in [-0.05, 0) is 5.41 Å². The van der Waals surface area contributed by atoms with Gasteiger partial charge in [0.2, 0.25) is 5.91 Å². The topological polar surface area (TPSA) is 66.8 Å². The summed E-state index contributed by atoms with van der Waals surface area (Å²) < 4.78 is 5.09. The number of carboxylic acid groups (broad SMARTS) is 1. The minimum Gasteiger partial charge on any atom is -0.481 e. The van der Waals surface area contributed by atoms with Crippen molar-refractivity contribution in [3.8, 4) is 0 Å². The van der Waals surface area contributed by atoms with Crippen molar-refractivity contribution in [2.24, 2.45) is 5.41 Å². The molecule has 1 aliphatic heterocycles. The van der Waals surface area contributed by atoms with Gasteiger partial charge < -0.3 is 14.7 Å². The van der Waals surface area contributed by atoms with E-state index in [0.29, 0.717) is 13.2 Å². The number of aliphatic carboxylic acids is 1. The molecule has 92 valence electrons. The fourth-order valence-electron chi connectivity index (χ4n) is 1.76. The lowest BCUT2D eigenvalue weighted by Crippen LogP contribution is -2.52. The first-order valence-corrected chi connectivity index (χ1v) is 5.38. The second-order valence-electron chi connectivity index (χ2n) is 5.35. The van der Waals surface area contributed by atoms with Crippen molar-refractivity contribution in [2.45, 2.75) is 33.2 Å².